The highest BCUT2D eigenvalue weighted by atomic mass is 16.3. The molecule has 1 aliphatic heterocycles. The zero-order chi connectivity index (χ0) is 11.3. The Labute approximate surface area is 92.5 Å². The molecule has 1 saturated heterocycles. The third-order valence-electron chi connectivity index (χ3n) is 3.02. The van der Waals surface area contributed by atoms with Crippen LogP contribution in [0.2, 0.25) is 0 Å². The summed E-state index contributed by atoms with van der Waals surface area (Å²) in [6.45, 7) is 6.46. The Balaban J connectivity index is 2.31. The van der Waals surface area contributed by atoms with Crippen LogP contribution in [-0.4, -0.2) is 35.6 Å². The number of piperidine rings is 1. The average molecular weight is 213 g/mol. The number of nitrogens with zero attached hydrogens (tertiary/aromatic N) is 1. The fraction of sp³-hybridized carbons (Fsp3) is 0.917. The summed E-state index contributed by atoms with van der Waals surface area (Å²) < 4.78 is 0. The number of rotatable bonds is 4. The van der Waals surface area contributed by atoms with Gasteiger partial charge in [-0.3, -0.25) is 4.79 Å². The number of aliphatic hydroxyl groups excluding tert-OH is 1. The molecule has 1 fully saturated rings. The molecule has 0 saturated carbocycles. The lowest BCUT2D eigenvalue weighted by Gasteiger charge is -2.35. The van der Waals surface area contributed by atoms with E-state index in [1.54, 1.807) is 0 Å². The lowest BCUT2D eigenvalue weighted by Crippen LogP contribution is -2.42. The number of carbonyl (C=O) groups is 1. The Morgan fingerprint density at radius 1 is 1.27 bits per heavy atom. The van der Waals surface area contributed by atoms with Crippen molar-refractivity contribution in [3.05, 3.63) is 0 Å². The molecule has 3 heteroatoms. The maximum absolute atomic E-state index is 11.8. The van der Waals surface area contributed by atoms with Gasteiger partial charge in [0.1, 0.15) is 0 Å². The van der Waals surface area contributed by atoms with Crippen LogP contribution < -0.4 is 0 Å². The minimum Gasteiger partial charge on any atom is -0.396 e. The zero-order valence-electron chi connectivity index (χ0n) is 9.91. The van der Waals surface area contributed by atoms with Crippen molar-refractivity contribution in [1.29, 1.82) is 0 Å². The van der Waals surface area contributed by atoms with E-state index in [0.717, 1.165) is 25.9 Å². The molecular weight excluding hydrogens is 190 g/mol. The molecule has 88 valence electrons. The fourth-order valence-electron chi connectivity index (χ4n) is 2.41. The smallest absolute Gasteiger partial charge is 0.222 e. The van der Waals surface area contributed by atoms with Crippen LogP contribution in [0.1, 0.15) is 39.5 Å². The van der Waals surface area contributed by atoms with Gasteiger partial charge in [0.15, 0.2) is 0 Å². The van der Waals surface area contributed by atoms with E-state index in [1.165, 1.54) is 6.42 Å². The molecule has 0 aromatic carbocycles. The highest BCUT2D eigenvalue weighted by Crippen LogP contribution is 2.21. The molecule has 2 unspecified atom stereocenters. The van der Waals surface area contributed by atoms with Crippen molar-refractivity contribution in [3.8, 4) is 0 Å². The predicted molar refractivity (Wildman–Crippen MR) is 60.5 cm³/mol. The Morgan fingerprint density at radius 3 is 2.40 bits per heavy atom. The summed E-state index contributed by atoms with van der Waals surface area (Å²) >= 11 is 0. The van der Waals surface area contributed by atoms with Crippen molar-refractivity contribution in [3.63, 3.8) is 0 Å². The normalized spacial score (nSPS) is 26.7. The largest absolute Gasteiger partial charge is 0.396 e. The first-order valence-electron chi connectivity index (χ1n) is 6.02. The first-order chi connectivity index (χ1) is 7.13. The number of likely N-dealkylation sites (tertiary alicyclic amines) is 1. The van der Waals surface area contributed by atoms with Crippen LogP contribution >= 0.6 is 0 Å². The lowest BCUT2D eigenvalue weighted by atomic mass is 9.91. The predicted octanol–water partition coefficient (Wildman–Crippen LogP) is 1.65. The molecule has 1 amide bonds. The van der Waals surface area contributed by atoms with Crippen LogP contribution in [0.15, 0.2) is 0 Å². The summed E-state index contributed by atoms with van der Waals surface area (Å²) in [6, 6.07) is 0. The van der Waals surface area contributed by atoms with Crippen molar-refractivity contribution >= 4 is 5.91 Å². The number of hydrogen-bond donors (Lipinski definition) is 1. The van der Waals surface area contributed by atoms with Gasteiger partial charge in [0, 0.05) is 26.1 Å². The Kier molecular flexibility index (Phi) is 5.09. The Morgan fingerprint density at radius 2 is 1.87 bits per heavy atom. The molecular formula is C12H23NO2. The van der Waals surface area contributed by atoms with Gasteiger partial charge in [-0.1, -0.05) is 13.8 Å². The molecule has 2 atom stereocenters. The first kappa shape index (κ1) is 12.5. The van der Waals surface area contributed by atoms with Crippen LogP contribution in [0.25, 0.3) is 0 Å². The van der Waals surface area contributed by atoms with Gasteiger partial charge in [-0.05, 0) is 31.1 Å². The van der Waals surface area contributed by atoms with E-state index in [4.69, 9.17) is 5.11 Å². The Hall–Kier alpha value is -0.570. The minimum absolute atomic E-state index is 0.195. The van der Waals surface area contributed by atoms with E-state index < -0.39 is 0 Å². The molecule has 0 bridgehead atoms. The number of aliphatic hydroxyl groups is 1. The van der Waals surface area contributed by atoms with Crippen molar-refractivity contribution in [2.24, 2.45) is 11.8 Å². The van der Waals surface area contributed by atoms with Gasteiger partial charge < -0.3 is 10.0 Å². The van der Waals surface area contributed by atoms with E-state index in [-0.39, 0.29) is 12.5 Å². The van der Waals surface area contributed by atoms with Gasteiger partial charge >= 0.3 is 0 Å². The fourth-order valence-corrected chi connectivity index (χ4v) is 2.41. The number of unbranched alkanes of at least 4 members (excludes halogenated alkanes) is 1. The second kappa shape index (κ2) is 6.11. The van der Waals surface area contributed by atoms with Gasteiger partial charge in [0.2, 0.25) is 5.91 Å². The van der Waals surface area contributed by atoms with Gasteiger partial charge in [-0.2, -0.15) is 0 Å². The molecule has 0 aromatic heterocycles. The molecule has 1 aliphatic rings. The summed E-state index contributed by atoms with van der Waals surface area (Å²) in [5.74, 6) is 1.54. The van der Waals surface area contributed by atoms with E-state index in [2.05, 4.69) is 13.8 Å². The molecule has 15 heavy (non-hydrogen) atoms. The molecule has 3 nitrogen and oxygen atoms in total. The summed E-state index contributed by atoms with van der Waals surface area (Å²) in [6.07, 6.45) is 3.39. The molecule has 0 aromatic rings. The average Bonchev–Trinajstić information content (AvgIpc) is 2.16. The minimum atomic E-state index is 0.195. The van der Waals surface area contributed by atoms with Gasteiger partial charge in [0.05, 0.1) is 0 Å². The van der Waals surface area contributed by atoms with Crippen LogP contribution in [0.4, 0.5) is 0 Å². The molecule has 0 radical (unpaired) electrons. The maximum Gasteiger partial charge on any atom is 0.222 e. The number of hydrogen-bond acceptors (Lipinski definition) is 2. The van der Waals surface area contributed by atoms with Crippen LogP contribution in [0, 0.1) is 11.8 Å². The highest BCUT2D eigenvalue weighted by Gasteiger charge is 2.24. The first-order valence-corrected chi connectivity index (χ1v) is 6.02. The van der Waals surface area contributed by atoms with Gasteiger partial charge in [-0.25, -0.2) is 0 Å². The SMILES string of the molecule is CC1CC(C)CN(C(=O)CCCCO)C1. The van der Waals surface area contributed by atoms with E-state index in [1.807, 2.05) is 4.90 Å². The maximum atomic E-state index is 11.8. The van der Waals surface area contributed by atoms with E-state index >= 15 is 0 Å². The van der Waals surface area contributed by atoms with Crippen molar-refractivity contribution < 1.29 is 9.90 Å². The zero-order valence-corrected chi connectivity index (χ0v) is 9.91. The van der Waals surface area contributed by atoms with E-state index in [0.29, 0.717) is 18.3 Å². The third kappa shape index (κ3) is 4.20. The number of carbonyl (C=O) groups excluding carboxylic acids is 1. The summed E-state index contributed by atoms with van der Waals surface area (Å²) in [5, 5.41) is 8.65. The molecule has 1 N–H and O–H groups in total. The lowest BCUT2D eigenvalue weighted by molar-refractivity contribution is -0.134. The van der Waals surface area contributed by atoms with E-state index in [9.17, 15) is 4.79 Å². The monoisotopic (exact) mass is 213 g/mol. The second-order valence-electron chi connectivity index (χ2n) is 4.93. The summed E-state index contributed by atoms with van der Waals surface area (Å²) in [4.78, 5) is 13.8. The quantitative estimate of drug-likeness (QED) is 0.721. The molecule has 1 rings (SSSR count). The van der Waals surface area contributed by atoms with Crippen molar-refractivity contribution in [1.82, 2.24) is 4.90 Å². The Bertz CT molecular complexity index is 196. The van der Waals surface area contributed by atoms with Gasteiger partial charge in [0.25, 0.3) is 0 Å². The van der Waals surface area contributed by atoms with Crippen molar-refractivity contribution in [2.75, 3.05) is 19.7 Å². The second-order valence-corrected chi connectivity index (χ2v) is 4.93. The topological polar surface area (TPSA) is 40.5 Å². The summed E-state index contributed by atoms with van der Waals surface area (Å²) in [5.41, 5.74) is 0. The highest BCUT2D eigenvalue weighted by molar-refractivity contribution is 5.76. The molecule has 0 spiro atoms. The van der Waals surface area contributed by atoms with Gasteiger partial charge in [-0.15, -0.1) is 0 Å². The van der Waals surface area contributed by atoms with Crippen LogP contribution in [0.5, 0.6) is 0 Å². The molecule has 1 heterocycles. The summed E-state index contributed by atoms with van der Waals surface area (Å²) in [7, 11) is 0. The number of amides is 1. The standard InChI is InChI=1S/C12H23NO2/c1-10-7-11(2)9-13(8-10)12(15)5-3-4-6-14/h10-11,14H,3-9H2,1-2H3. The van der Waals surface area contributed by atoms with Crippen molar-refractivity contribution in [2.45, 2.75) is 39.5 Å². The van der Waals surface area contributed by atoms with Crippen LogP contribution in [-0.2, 0) is 4.79 Å². The molecule has 0 aliphatic carbocycles. The third-order valence-corrected chi connectivity index (χ3v) is 3.02. The van der Waals surface area contributed by atoms with Crippen LogP contribution in [0.3, 0.4) is 0 Å².